The summed E-state index contributed by atoms with van der Waals surface area (Å²) in [6, 6.07) is 19.2. The Morgan fingerprint density at radius 1 is 1.06 bits per heavy atom. The number of amides is 1. The lowest BCUT2D eigenvalue weighted by molar-refractivity contribution is -0.149. The van der Waals surface area contributed by atoms with Crippen molar-refractivity contribution in [2.24, 2.45) is 0 Å². The molecule has 1 amide bonds. The van der Waals surface area contributed by atoms with E-state index in [1.165, 1.54) is 29.2 Å². The monoisotopic (exact) mass is 480 g/mol. The molecule has 0 saturated heterocycles. The average molecular weight is 481 g/mol. The second kappa shape index (κ2) is 9.17. The van der Waals surface area contributed by atoms with Crippen LogP contribution in [-0.4, -0.2) is 47.8 Å². The van der Waals surface area contributed by atoms with Gasteiger partial charge in [0.2, 0.25) is 12.0 Å². The Morgan fingerprint density at radius 3 is 2.47 bits per heavy atom. The van der Waals surface area contributed by atoms with E-state index in [-0.39, 0.29) is 23.8 Å². The zero-order valence-corrected chi connectivity index (χ0v) is 18.8. The molecule has 3 aromatic rings. The van der Waals surface area contributed by atoms with Crippen LogP contribution in [0.4, 0.5) is 5.69 Å². The molecule has 0 spiro atoms. The molecule has 0 aliphatic carbocycles. The number of fused-ring (bicyclic) bond motifs is 1. The Kier molecular flexibility index (Phi) is 6.28. The highest BCUT2D eigenvalue weighted by Gasteiger charge is 2.51. The molecule has 1 aliphatic rings. The molecule has 0 bridgehead atoms. The van der Waals surface area contributed by atoms with Crippen molar-refractivity contribution >= 4 is 35.1 Å². The number of benzene rings is 3. The third kappa shape index (κ3) is 4.09. The van der Waals surface area contributed by atoms with Gasteiger partial charge >= 0.3 is 11.9 Å². The number of hydrogen-bond donors (Lipinski definition) is 3. The standard InChI is InChI=1S/C25H21ClN2O6/c1-28-20-11-10-17(26)13-19(20)25(27-14-21(28)29,16-7-3-2-4-8-16)22(24(32)33)34-18-9-5-6-15(12-18)23(30)31/h2-13,22,27H,14H2,1H3,(H,30,31)(H,32,33). The van der Waals surface area contributed by atoms with Crippen LogP contribution in [0.2, 0.25) is 5.02 Å². The Morgan fingerprint density at radius 2 is 1.79 bits per heavy atom. The molecular formula is C25H21ClN2O6. The minimum atomic E-state index is -1.60. The summed E-state index contributed by atoms with van der Waals surface area (Å²) in [4.78, 5) is 38.5. The van der Waals surface area contributed by atoms with Crippen LogP contribution in [-0.2, 0) is 15.1 Å². The van der Waals surface area contributed by atoms with Gasteiger partial charge in [0, 0.05) is 23.3 Å². The number of ether oxygens (including phenoxy) is 1. The number of aromatic carboxylic acids is 1. The predicted molar refractivity (Wildman–Crippen MR) is 126 cm³/mol. The fraction of sp³-hybridized carbons (Fsp3) is 0.160. The fourth-order valence-corrected chi connectivity index (χ4v) is 4.36. The molecule has 3 aromatic carbocycles. The first-order chi connectivity index (χ1) is 16.2. The van der Waals surface area contributed by atoms with E-state index in [4.69, 9.17) is 16.3 Å². The van der Waals surface area contributed by atoms with E-state index in [9.17, 15) is 24.6 Å². The van der Waals surface area contributed by atoms with Crippen molar-refractivity contribution in [2.45, 2.75) is 11.6 Å². The summed E-state index contributed by atoms with van der Waals surface area (Å²) < 4.78 is 5.99. The van der Waals surface area contributed by atoms with E-state index in [1.54, 1.807) is 55.6 Å². The van der Waals surface area contributed by atoms with Crippen molar-refractivity contribution in [3.05, 3.63) is 94.5 Å². The van der Waals surface area contributed by atoms with Gasteiger partial charge in [0.05, 0.1) is 12.1 Å². The number of nitrogens with one attached hydrogen (secondary N) is 1. The lowest BCUT2D eigenvalue weighted by Crippen LogP contribution is -2.58. The molecule has 3 N–H and O–H groups in total. The summed E-state index contributed by atoms with van der Waals surface area (Å²) in [5, 5.41) is 23.2. The second-order valence-corrected chi connectivity index (χ2v) is 8.25. The maximum absolute atomic E-state index is 12.8. The van der Waals surface area contributed by atoms with Gasteiger partial charge in [0.25, 0.3) is 0 Å². The SMILES string of the molecule is CN1C(=O)CNC(c2ccccc2)(C(Oc2cccc(C(=O)O)c2)C(=O)O)c2cc(Cl)ccc21. The van der Waals surface area contributed by atoms with Crippen molar-refractivity contribution < 1.29 is 29.3 Å². The van der Waals surface area contributed by atoms with Gasteiger partial charge in [-0.15, -0.1) is 0 Å². The molecule has 0 aromatic heterocycles. The van der Waals surface area contributed by atoms with Crippen molar-refractivity contribution in [2.75, 3.05) is 18.5 Å². The van der Waals surface area contributed by atoms with E-state index >= 15 is 0 Å². The molecule has 2 atom stereocenters. The Balaban J connectivity index is 1.99. The summed E-state index contributed by atoms with van der Waals surface area (Å²) >= 11 is 6.34. The summed E-state index contributed by atoms with van der Waals surface area (Å²) in [7, 11) is 1.60. The average Bonchev–Trinajstić information content (AvgIpc) is 2.93. The maximum Gasteiger partial charge on any atom is 0.347 e. The number of carboxylic acids is 2. The van der Waals surface area contributed by atoms with Crippen LogP contribution >= 0.6 is 11.6 Å². The van der Waals surface area contributed by atoms with Crippen molar-refractivity contribution in [3.8, 4) is 5.75 Å². The van der Waals surface area contributed by atoms with E-state index in [2.05, 4.69) is 5.32 Å². The van der Waals surface area contributed by atoms with E-state index < -0.39 is 23.6 Å². The maximum atomic E-state index is 12.8. The van der Waals surface area contributed by atoms with E-state index in [0.717, 1.165) is 0 Å². The number of carbonyl (C=O) groups is 3. The third-order valence-corrected chi connectivity index (χ3v) is 6.05. The van der Waals surface area contributed by atoms with Crippen LogP contribution in [0.5, 0.6) is 5.75 Å². The number of anilines is 1. The van der Waals surface area contributed by atoms with Crippen LogP contribution in [0.3, 0.4) is 0 Å². The van der Waals surface area contributed by atoms with Crippen molar-refractivity contribution in [1.29, 1.82) is 0 Å². The van der Waals surface area contributed by atoms with Gasteiger partial charge in [0.1, 0.15) is 11.3 Å². The first kappa shape index (κ1) is 23.3. The van der Waals surface area contributed by atoms with E-state index in [1.807, 2.05) is 0 Å². The van der Waals surface area contributed by atoms with Crippen LogP contribution in [0, 0.1) is 0 Å². The van der Waals surface area contributed by atoms with Gasteiger partial charge in [0.15, 0.2) is 0 Å². The first-order valence-electron chi connectivity index (χ1n) is 10.3. The molecule has 0 radical (unpaired) electrons. The number of halogens is 1. The van der Waals surface area contributed by atoms with Crippen LogP contribution < -0.4 is 15.0 Å². The highest BCUT2D eigenvalue weighted by Crippen LogP contribution is 2.43. The zero-order chi connectivity index (χ0) is 24.5. The van der Waals surface area contributed by atoms with Gasteiger partial charge in [-0.2, -0.15) is 0 Å². The van der Waals surface area contributed by atoms with Crippen LogP contribution in [0.15, 0.2) is 72.8 Å². The minimum Gasteiger partial charge on any atom is -0.478 e. The molecule has 9 heteroatoms. The number of carboxylic acid groups (broad SMARTS) is 2. The molecular weight excluding hydrogens is 460 g/mol. The Bertz CT molecular complexity index is 1270. The van der Waals surface area contributed by atoms with Crippen molar-refractivity contribution in [3.63, 3.8) is 0 Å². The number of nitrogens with zero attached hydrogens (tertiary/aromatic N) is 1. The lowest BCUT2D eigenvalue weighted by Gasteiger charge is -2.40. The van der Waals surface area contributed by atoms with Crippen molar-refractivity contribution in [1.82, 2.24) is 5.32 Å². The highest BCUT2D eigenvalue weighted by atomic mass is 35.5. The third-order valence-electron chi connectivity index (χ3n) is 5.82. The number of rotatable bonds is 6. The van der Waals surface area contributed by atoms with Gasteiger partial charge in [-0.1, -0.05) is 48.0 Å². The normalized spacial score (nSPS) is 18.5. The molecule has 8 nitrogen and oxygen atoms in total. The largest absolute Gasteiger partial charge is 0.478 e. The molecule has 0 saturated carbocycles. The molecule has 4 rings (SSSR count). The topological polar surface area (TPSA) is 116 Å². The molecule has 34 heavy (non-hydrogen) atoms. The van der Waals surface area contributed by atoms with Crippen LogP contribution in [0.25, 0.3) is 0 Å². The van der Waals surface area contributed by atoms with Crippen LogP contribution in [0.1, 0.15) is 21.5 Å². The minimum absolute atomic E-state index is 0.0527. The number of aliphatic carboxylic acids is 1. The smallest absolute Gasteiger partial charge is 0.347 e. The number of carbonyl (C=O) groups excluding carboxylic acids is 1. The van der Waals surface area contributed by atoms with E-state index in [0.29, 0.717) is 21.8 Å². The Labute approximate surface area is 200 Å². The summed E-state index contributed by atoms with van der Waals surface area (Å²) in [6.45, 7) is -0.181. The van der Waals surface area contributed by atoms with Gasteiger partial charge in [-0.05, 0) is 42.0 Å². The fourth-order valence-electron chi connectivity index (χ4n) is 4.19. The molecule has 2 unspecified atom stereocenters. The number of hydrogen-bond acceptors (Lipinski definition) is 5. The Hall–Kier alpha value is -3.88. The van der Waals surface area contributed by atoms with Gasteiger partial charge in [-0.3, -0.25) is 10.1 Å². The number of likely N-dealkylation sites (N-methyl/N-ethyl adjacent to an activating group) is 1. The quantitative estimate of drug-likeness (QED) is 0.495. The molecule has 1 aliphatic heterocycles. The zero-order valence-electron chi connectivity index (χ0n) is 18.1. The first-order valence-corrected chi connectivity index (χ1v) is 10.7. The van der Waals surface area contributed by atoms with Gasteiger partial charge < -0.3 is 19.8 Å². The summed E-state index contributed by atoms with van der Waals surface area (Å²) in [5.41, 5.74) is -0.169. The van der Waals surface area contributed by atoms with Gasteiger partial charge in [-0.25, -0.2) is 9.59 Å². The lowest BCUT2D eigenvalue weighted by atomic mass is 9.77. The summed E-state index contributed by atoms with van der Waals surface area (Å²) in [5.74, 6) is -2.72. The second-order valence-electron chi connectivity index (χ2n) is 7.81. The highest BCUT2D eigenvalue weighted by molar-refractivity contribution is 6.30. The summed E-state index contributed by atoms with van der Waals surface area (Å²) in [6.07, 6.45) is -1.60. The molecule has 0 fully saturated rings. The predicted octanol–water partition coefficient (Wildman–Crippen LogP) is 3.38. The molecule has 1 heterocycles. The molecule has 174 valence electrons.